The summed E-state index contributed by atoms with van der Waals surface area (Å²) >= 11 is 0. The van der Waals surface area contributed by atoms with E-state index in [0.717, 1.165) is 5.57 Å². The molecule has 0 heterocycles. The van der Waals surface area contributed by atoms with Crippen LogP contribution in [0.15, 0.2) is 12.2 Å². The summed E-state index contributed by atoms with van der Waals surface area (Å²) in [4.78, 5) is 10.4. The molecule has 0 bridgehead atoms. The van der Waals surface area contributed by atoms with E-state index in [2.05, 4.69) is 6.58 Å². The third-order valence-electron chi connectivity index (χ3n) is 1.90. The molecule has 2 N–H and O–H groups in total. The summed E-state index contributed by atoms with van der Waals surface area (Å²) in [6.45, 7) is 9.24. The zero-order valence-electron chi connectivity index (χ0n) is 7.31. The van der Waals surface area contributed by atoms with Gasteiger partial charge in [0, 0.05) is 0 Å². The Morgan fingerprint density at radius 1 is 1.73 bits per heavy atom. The van der Waals surface area contributed by atoms with Crippen LogP contribution in [0.5, 0.6) is 0 Å². The monoisotopic (exact) mass is 157 g/mol. The molecule has 0 aromatic rings. The summed E-state index contributed by atoms with van der Waals surface area (Å²) in [5.74, 6) is 0. The number of hydrogen-bond acceptors (Lipinski definition) is 2. The highest BCUT2D eigenvalue weighted by atomic mass is 16.6. The Balaban J connectivity index is 4.34. The van der Waals surface area contributed by atoms with Gasteiger partial charge in [-0.25, -0.2) is 4.79 Å². The molecular weight excluding hydrogens is 142 g/mol. The Hall–Kier alpha value is -0.990. The van der Waals surface area contributed by atoms with Crippen LogP contribution in [0.4, 0.5) is 4.79 Å². The van der Waals surface area contributed by atoms with Gasteiger partial charge >= 0.3 is 6.09 Å². The molecule has 0 aromatic heterocycles. The van der Waals surface area contributed by atoms with Crippen molar-refractivity contribution in [2.75, 3.05) is 0 Å². The molecular formula is C8H15NO2. The third-order valence-corrected chi connectivity index (χ3v) is 1.90. The molecule has 0 radical (unpaired) electrons. The molecule has 0 saturated carbocycles. The molecule has 1 atom stereocenters. The quantitative estimate of drug-likeness (QED) is 0.635. The summed E-state index contributed by atoms with van der Waals surface area (Å²) in [7, 11) is 0. The molecule has 0 aliphatic rings. The number of ether oxygens (including phenoxy) is 1. The normalized spacial score (nSPS) is 15.2. The van der Waals surface area contributed by atoms with E-state index in [0.29, 0.717) is 6.42 Å². The van der Waals surface area contributed by atoms with Crippen LogP contribution >= 0.6 is 0 Å². The van der Waals surface area contributed by atoms with Crippen molar-refractivity contribution < 1.29 is 9.53 Å². The lowest BCUT2D eigenvalue weighted by atomic mass is 9.95. The average Bonchev–Trinajstić information content (AvgIpc) is 1.86. The molecule has 0 aliphatic heterocycles. The Labute approximate surface area is 67.2 Å². The highest BCUT2D eigenvalue weighted by Crippen LogP contribution is 2.22. The van der Waals surface area contributed by atoms with Gasteiger partial charge in [0.2, 0.25) is 0 Å². The van der Waals surface area contributed by atoms with Crippen molar-refractivity contribution >= 4 is 6.09 Å². The lowest BCUT2D eigenvalue weighted by molar-refractivity contribution is 0.0561. The molecule has 1 unspecified atom stereocenters. The van der Waals surface area contributed by atoms with Crippen LogP contribution in [0.3, 0.4) is 0 Å². The van der Waals surface area contributed by atoms with Crippen molar-refractivity contribution in [1.29, 1.82) is 0 Å². The summed E-state index contributed by atoms with van der Waals surface area (Å²) in [6, 6.07) is 0. The summed E-state index contributed by atoms with van der Waals surface area (Å²) < 4.78 is 4.89. The molecule has 0 fully saturated rings. The van der Waals surface area contributed by atoms with Gasteiger partial charge in [0.05, 0.1) is 0 Å². The van der Waals surface area contributed by atoms with Gasteiger partial charge in [-0.1, -0.05) is 13.5 Å². The highest BCUT2D eigenvalue weighted by molar-refractivity contribution is 5.65. The van der Waals surface area contributed by atoms with Crippen molar-refractivity contribution in [2.24, 2.45) is 5.73 Å². The molecule has 0 saturated heterocycles. The third kappa shape index (κ3) is 2.62. The maximum atomic E-state index is 10.4. The number of carbonyl (C=O) groups excluding carboxylic acids is 1. The zero-order valence-corrected chi connectivity index (χ0v) is 7.31. The van der Waals surface area contributed by atoms with E-state index >= 15 is 0 Å². The summed E-state index contributed by atoms with van der Waals surface area (Å²) in [5.41, 5.74) is 5.09. The first-order valence-corrected chi connectivity index (χ1v) is 3.57. The largest absolute Gasteiger partial charge is 0.439 e. The van der Waals surface area contributed by atoms with E-state index in [1.807, 2.05) is 13.8 Å². The van der Waals surface area contributed by atoms with Gasteiger partial charge in [-0.05, 0) is 25.8 Å². The predicted molar refractivity (Wildman–Crippen MR) is 44.2 cm³/mol. The van der Waals surface area contributed by atoms with Crippen molar-refractivity contribution in [3.05, 3.63) is 12.2 Å². The number of nitrogens with two attached hydrogens (primary N) is 1. The van der Waals surface area contributed by atoms with E-state index in [9.17, 15) is 4.79 Å². The Bertz CT molecular complexity index is 177. The second-order valence-corrected chi connectivity index (χ2v) is 2.79. The van der Waals surface area contributed by atoms with E-state index in [1.54, 1.807) is 6.92 Å². The number of primary amides is 1. The number of hydrogen-bond donors (Lipinski definition) is 1. The molecule has 11 heavy (non-hydrogen) atoms. The smallest absolute Gasteiger partial charge is 0.405 e. The lowest BCUT2D eigenvalue weighted by Gasteiger charge is -2.27. The fraction of sp³-hybridized carbons (Fsp3) is 0.625. The Morgan fingerprint density at radius 3 is 2.27 bits per heavy atom. The first-order chi connectivity index (χ1) is 4.92. The van der Waals surface area contributed by atoms with E-state index in [-0.39, 0.29) is 0 Å². The lowest BCUT2D eigenvalue weighted by Crippen LogP contribution is -2.34. The maximum absolute atomic E-state index is 10.4. The Kier molecular flexibility index (Phi) is 3.11. The molecule has 0 aromatic carbocycles. The highest BCUT2D eigenvalue weighted by Gasteiger charge is 2.26. The SMILES string of the molecule is C=C(C)C(C)(CC)OC(N)=O. The van der Waals surface area contributed by atoms with Crippen molar-refractivity contribution in [3.63, 3.8) is 0 Å². The number of amides is 1. The molecule has 64 valence electrons. The van der Waals surface area contributed by atoms with Gasteiger partial charge in [0.15, 0.2) is 0 Å². The topological polar surface area (TPSA) is 52.3 Å². The van der Waals surface area contributed by atoms with Crippen LogP contribution in [0.1, 0.15) is 27.2 Å². The van der Waals surface area contributed by atoms with E-state index in [1.165, 1.54) is 0 Å². The molecule has 3 heteroatoms. The van der Waals surface area contributed by atoms with Crippen LogP contribution < -0.4 is 5.73 Å². The van der Waals surface area contributed by atoms with Crippen LogP contribution in [0.2, 0.25) is 0 Å². The predicted octanol–water partition coefficient (Wildman–Crippen LogP) is 1.83. The number of rotatable bonds is 3. The minimum absolute atomic E-state index is 0.605. The molecule has 0 aliphatic carbocycles. The molecule has 3 nitrogen and oxygen atoms in total. The van der Waals surface area contributed by atoms with Gasteiger partial charge < -0.3 is 10.5 Å². The maximum Gasteiger partial charge on any atom is 0.405 e. The van der Waals surface area contributed by atoms with Gasteiger partial charge in [0.1, 0.15) is 5.60 Å². The van der Waals surface area contributed by atoms with Crippen LogP contribution in [-0.4, -0.2) is 11.7 Å². The van der Waals surface area contributed by atoms with Crippen molar-refractivity contribution in [2.45, 2.75) is 32.8 Å². The van der Waals surface area contributed by atoms with Crippen molar-refractivity contribution in [3.8, 4) is 0 Å². The van der Waals surface area contributed by atoms with Crippen LogP contribution in [-0.2, 0) is 4.74 Å². The zero-order chi connectivity index (χ0) is 9.07. The fourth-order valence-electron chi connectivity index (χ4n) is 0.683. The van der Waals surface area contributed by atoms with E-state index in [4.69, 9.17) is 10.5 Å². The summed E-state index contributed by atoms with van der Waals surface area (Å²) in [5, 5.41) is 0. The Morgan fingerprint density at radius 2 is 2.18 bits per heavy atom. The number of carbonyl (C=O) groups is 1. The van der Waals surface area contributed by atoms with Crippen LogP contribution in [0.25, 0.3) is 0 Å². The molecule has 1 amide bonds. The van der Waals surface area contributed by atoms with Crippen LogP contribution in [0, 0.1) is 0 Å². The van der Waals surface area contributed by atoms with E-state index < -0.39 is 11.7 Å². The van der Waals surface area contributed by atoms with Gasteiger partial charge in [-0.2, -0.15) is 0 Å². The molecule has 0 rings (SSSR count). The first kappa shape index (κ1) is 10.0. The minimum atomic E-state index is -0.752. The minimum Gasteiger partial charge on any atom is -0.439 e. The van der Waals surface area contributed by atoms with Gasteiger partial charge in [0.25, 0.3) is 0 Å². The second kappa shape index (κ2) is 3.42. The average molecular weight is 157 g/mol. The van der Waals surface area contributed by atoms with Gasteiger partial charge in [-0.3, -0.25) is 0 Å². The second-order valence-electron chi connectivity index (χ2n) is 2.79. The summed E-state index contributed by atoms with van der Waals surface area (Å²) in [6.07, 6.45) is -0.0667. The van der Waals surface area contributed by atoms with Crippen molar-refractivity contribution in [1.82, 2.24) is 0 Å². The van der Waals surface area contributed by atoms with Gasteiger partial charge in [-0.15, -0.1) is 0 Å². The standard InChI is InChI=1S/C8H15NO2/c1-5-8(4,6(2)3)11-7(9)10/h2,5H2,1,3-4H3,(H2,9,10). The fourth-order valence-corrected chi connectivity index (χ4v) is 0.683. The first-order valence-electron chi connectivity index (χ1n) is 3.57. The molecule has 0 spiro atoms.